The third kappa shape index (κ3) is 5.05. The average molecular weight is 391 g/mol. The Labute approximate surface area is 163 Å². The van der Waals surface area contributed by atoms with Gasteiger partial charge in [0.2, 0.25) is 0 Å². The van der Waals surface area contributed by atoms with Crippen LogP contribution >= 0.6 is 0 Å². The van der Waals surface area contributed by atoms with E-state index in [0.717, 1.165) is 31.7 Å². The molecule has 2 aromatic rings. The van der Waals surface area contributed by atoms with Gasteiger partial charge in [-0.05, 0) is 49.4 Å². The smallest absolute Gasteiger partial charge is 0.282 e. The third-order valence-corrected chi connectivity index (χ3v) is 5.40. The van der Waals surface area contributed by atoms with Crippen LogP contribution in [0.4, 0.5) is 14.5 Å². The molecule has 1 atom stereocenters. The number of anilines is 1. The predicted octanol–water partition coefficient (Wildman–Crippen LogP) is 0.284. The van der Waals surface area contributed by atoms with Crippen LogP contribution in [0.15, 0.2) is 42.5 Å². The van der Waals surface area contributed by atoms with Crippen molar-refractivity contribution >= 4 is 11.6 Å². The first-order valence-electron chi connectivity index (χ1n) is 9.53. The number of nitrogens with one attached hydrogen (secondary N) is 3. The fraction of sp³-hybridized carbons (Fsp3) is 0.381. The number of hydrogen-bond donors (Lipinski definition) is 3. The Morgan fingerprint density at radius 3 is 2.36 bits per heavy atom. The van der Waals surface area contributed by atoms with Crippen LogP contribution in [-0.2, 0) is 11.3 Å². The lowest BCUT2D eigenvalue weighted by molar-refractivity contribution is -1.02. The van der Waals surface area contributed by atoms with E-state index in [4.69, 9.17) is 4.74 Å². The number of methoxy groups -OCH3 is 1. The van der Waals surface area contributed by atoms with Gasteiger partial charge in [-0.1, -0.05) is 0 Å². The van der Waals surface area contributed by atoms with E-state index in [0.29, 0.717) is 18.0 Å². The van der Waals surface area contributed by atoms with E-state index in [1.807, 2.05) is 6.92 Å². The first-order valence-corrected chi connectivity index (χ1v) is 9.53. The topological polar surface area (TPSA) is 47.2 Å². The Bertz CT molecular complexity index is 806. The molecule has 1 saturated heterocycles. The first-order chi connectivity index (χ1) is 13.5. The first kappa shape index (κ1) is 20.2. The van der Waals surface area contributed by atoms with Crippen molar-refractivity contribution in [2.75, 3.05) is 38.6 Å². The molecular formula is C21H27F2N3O2+2. The van der Waals surface area contributed by atoms with Crippen LogP contribution in [0.2, 0.25) is 0 Å². The van der Waals surface area contributed by atoms with Crippen molar-refractivity contribution in [3.8, 4) is 5.75 Å². The molecular weight excluding hydrogens is 364 g/mol. The maximum atomic E-state index is 13.6. The van der Waals surface area contributed by atoms with E-state index < -0.39 is 0 Å². The minimum atomic E-state index is -0.328. The van der Waals surface area contributed by atoms with Gasteiger partial charge in [0.15, 0.2) is 6.04 Å². The van der Waals surface area contributed by atoms with Gasteiger partial charge in [0.05, 0.1) is 12.7 Å². The molecule has 7 heteroatoms. The van der Waals surface area contributed by atoms with Crippen LogP contribution in [0.5, 0.6) is 5.75 Å². The second kappa shape index (κ2) is 9.12. The molecule has 0 spiro atoms. The highest BCUT2D eigenvalue weighted by molar-refractivity contribution is 5.93. The van der Waals surface area contributed by atoms with E-state index in [-0.39, 0.29) is 23.6 Å². The highest BCUT2D eigenvalue weighted by Gasteiger charge is 2.31. The maximum absolute atomic E-state index is 13.6. The molecule has 1 fully saturated rings. The van der Waals surface area contributed by atoms with E-state index in [1.54, 1.807) is 25.3 Å². The molecule has 0 radical (unpaired) electrons. The van der Waals surface area contributed by atoms with Crippen molar-refractivity contribution in [1.82, 2.24) is 0 Å². The molecule has 1 aliphatic heterocycles. The van der Waals surface area contributed by atoms with Gasteiger partial charge < -0.3 is 19.9 Å². The molecule has 0 aliphatic carbocycles. The minimum Gasteiger partial charge on any atom is -0.496 e. The van der Waals surface area contributed by atoms with Gasteiger partial charge >= 0.3 is 0 Å². The minimum absolute atomic E-state index is 0.0724. The highest BCUT2D eigenvalue weighted by Crippen LogP contribution is 2.18. The molecule has 0 saturated carbocycles. The van der Waals surface area contributed by atoms with Gasteiger partial charge in [0.1, 0.15) is 50.1 Å². The summed E-state index contributed by atoms with van der Waals surface area (Å²) < 4.78 is 31.9. The zero-order valence-corrected chi connectivity index (χ0v) is 16.2. The van der Waals surface area contributed by atoms with Gasteiger partial charge in [-0.3, -0.25) is 4.79 Å². The zero-order valence-electron chi connectivity index (χ0n) is 16.2. The number of rotatable bonds is 6. The van der Waals surface area contributed by atoms with Gasteiger partial charge in [-0.25, -0.2) is 8.78 Å². The standard InChI is InChI=1S/C21H25F2N3O2/c1-15(21(27)24-19-6-3-17(22)4-7-19)26-11-9-25(10-12-26)14-16-13-18(23)5-8-20(16)28-2/h3-8,13,15H,9-12,14H2,1-2H3,(H,24,27)/p+2/t15-/m1/s1. The molecule has 0 bridgehead atoms. The van der Waals surface area contributed by atoms with E-state index in [9.17, 15) is 13.6 Å². The lowest BCUT2D eigenvalue weighted by Gasteiger charge is -2.32. The molecule has 2 aromatic carbocycles. The second-order valence-corrected chi connectivity index (χ2v) is 7.26. The Kier molecular flexibility index (Phi) is 6.59. The van der Waals surface area contributed by atoms with E-state index in [1.165, 1.54) is 34.1 Å². The average Bonchev–Trinajstić information content (AvgIpc) is 2.70. The molecule has 0 aromatic heterocycles. The molecule has 5 nitrogen and oxygen atoms in total. The van der Waals surface area contributed by atoms with Crippen molar-refractivity contribution in [2.45, 2.75) is 19.5 Å². The van der Waals surface area contributed by atoms with Gasteiger partial charge in [-0.2, -0.15) is 0 Å². The Hall–Kier alpha value is -2.51. The lowest BCUT2D eigenvalue weighted by Crippen LogP contribution is -3.29. The predicted molar refractivity (Wildman–Crippen MR) is 103 cm³/mol. The second-order valence-electron chi connectivity index (χ2n) is 7.26. The molecule has 1 aliphatic rings. The summed E-state index contributed by atoms with van der Waals surface area (Å²) >= 11 is 0. The number of benzene rings is 2. The Morgan fingerprint density at radius 1 is 1.07 bits per heavy atom. The fourth-order valence-corrected chi connectivity index (χ4v) is 3.66. The Morgan fingerprint density at radius 2 is 1.71 bits per heavy atom. The Balaban J connectivity index is 1.52. The summed E-state index contributed by atoms with van der Waals surface area (Å²) in [5, 5.41) is 2.85. The summed E-state index contributed by atoms with van der Waals surface area (Å²) in [7, 11) is 1.59. The largest absolute Gasteiger partial charge is 0.496 e. The molecule has 1 amide bonds. The van der Waals surface area contributed by atoms with E-state index >= 15 is 0 Å². The van der Waals surface area contributed by atoms with Gasteiger partial charge in [0.25, 0.3) is 5.91 Å². The summed E-state index contributed by atoms with van der Waals surface area (Å²) in [5.41, 5.74) is 1.46. The third-order valence-electron chi connectivity index (χ3n) is 5.40. The maximum Gasteiger partial charge on any atom is 0.282 e. The molecule has 3 rings (SSSR count). The summed E-state index contributed by atoms with van der Waals surface area (Å²) in [4.78, 5) is 15.1. The van der Waals surface area contributed by atoms with Gasteiger partial charge in [-0.15, -0.1) is 0 Å². The molecule has 0 unspecified atom stereocenters. The summed E-state index contributed by atoms with van der Waals surface area (Å²) in [6.07, 6.45) is 0. The number of amides is 1. The quantitative estimate of drug-likeness (QED) is 0.663. The molecule has 28 heavy (non-hydrogen) atoms. The number of carbonyl (C=O) groups is 1. The van der Waals surface area contributed by atoms with Crippen LogP contribution in [-0.4, -0.2) is 45.2 Å². The summed E-state index contributed by atoms with van der Waals surface area (Å²) in [5.74, 6) is 0.0452. The van der Waals surface area contributed by atoms with Crippen LogP contribution in [0.1, 0.15) is 12.5 Å². The van der Waals surface area contributed by atoms with Crippen LogP contribution in [0.25, 0.3) is 0 Å². The molecule has 150 valence electrons. The summed E-state index contributed by atoms with van der Waals surface area (Å²) in [6.45, 7) is 6.10. The number of piperazine rings is 1. The summed E-state index contributed by atoms with van der Waals surface area (Å²) in [6, 6.07) is 10.2. The number of halogens is 2. The van der Waals surface area contributed by atoms with Crippen molar-refractivity contribution in [1.29, 1.82) is 0 Å². The highest BCUT2D eigenvalue weighted by atomic mass is 19.1. The lowest BCUT2D eigenvalue weighted by atomic mass is 10.1. The number of hydrogen-bond acceptors (Lipinski definition) is 2. The monoisotopic (exact) mass is 391 g/mol. The van der Waals surface area contributed by atoms with E-state index in [2.05, 4.69) is 5.32 Å². The number of carbonyl (C=O) groups excluding carboxylic acids is 1. The van der Waals surface area contributed by atoms with Crippen LogP contribution < -0.4 is 19.9 Å². The van der Waals surface area contributed by atoms with Gasteiger partial charge in [0, 0.05) is 5.69 Å². The number of ether oxygens (including phenoxy) is 1. The molecule has 3 N–H and O–H groups in total. The fourth-order valence-electron chi connectivity index (χ4n) is 3.66. The van der Waals surface area contributed by atoms with Crippen molar-refractivity contribution in [3.63, 3.8) is 0 Å². The van der Waals surface area contributed by atoms with Crippen molar-refractivity contribution in [2.24, 2.45) is 0 Å². The normalized spacial score (nSPS) is 20.4. The SMILES string of the molecule is COc1ccc(F)cc1C[NH+]1CC[NH+]([C@H](C)C(=O)Nc2ccc(F)cc2)CC1. The molecule has 1 heterocycles. The number of quaternary nitrogens is 2. The van der Waals surface area contributed by atoms with Crippen molar-refractivity contribution in [3.05, 3.63) is 59.7 Å². The van der Waals surface area contributed by atoms with Crippen LogP contribution in [0, 0.1) is 11.6 Å². The van der Waals surface area contributed by atoms with Crippen LogP contribution in [0.3, 0.4) is 0 Å². The van der Waals surface area contributed by atoms with Crippen molar-refractivity contribution < 1.29 is 28.1 Å². The zero-order chi connectivity index (χ0) is 20.1.